The van der Waals surface area contributed by atoms with E-state index in [2.05, 4.69) is 4.98 Å². The molecular formula is C19H16N2O2S2. The highest BCUT2D eigenvalue weighted by atomic mass is 32.1. The highest BCUT2D eigenvalue weighted by Gasteiger charge is 2.23. The quantitative estimate of drug-likeness (QED) is 0.481. The normalized spacial score (nSPS) is 12.4. The van der Waals surface area contributed by atoms with E-state index in [9.17, 15) is 4.79 Å². The Bertz CT molecular complexity index is 984. The fourth-order valence-corrected chi connectivity index (χ4v) is 4.34. The molecule has 0 aliphatic carbocycles. The number of aromatic nitrogens is 1. The van der Waals surface area contributed by atoms with Gasteiger partial charge in [-0.3, -0.25) is 4.79 Å². The van der Waals surface area contributed by atoms with Crippen molar-refractivity contribution in [1.29, 1.82) is 0 Å². The summed E-state index contributed by atoms with van der Waals surface area (Å²) >= 11 is 3.05. The molecule has 0 saturated carbocycles. The van der Waals surface area contributed by atoms with Crippen LogP contribution in [-0.4, -0.2) is 22.8 Å². The van der Waals surface area contributed by atoms with Gasteiger partial charge in [0.2, 0.25) is 0 Å². The van der Waals surface area contributed by atoms with Gasteiger partial charge in [-0.25, -0.2) is 4.98 Å². The Morgan fingerprint density at radius 3 is 2.84 bits per heavy atom. The summed E-state index contributed by atoms with van der Waals surface area (Å²) < 4.78 is 5.90. The number of thiazole rings is 1. The number of nitrogens with zero attached hydrogens (tertiary/aromatic N) is 2. The van der Waals surface area contributed by atoms with Crippen LogP contribution in [-0.2, 0) is 0 Å². The SMILES string of the molecule is CC(c1cc2ccccc2o1)N(C)C(=O)c1cnc(-c2cccs2)s1. The molecule has 4 nitrogen and oxygen atoms in total. The Balaban J connectivity index is 1.57. The monoisotopic (exact) mass is 368 g/mol. The number of rotatable bonds is 4. The minimum absolute atomic E-state index is 0.0479. The molecule has 4 aromatic rings. The molecule has 1 aromatic carbocycles. The maximum absolute atomic E-state index is 12.8. The van der Waals surface area contributed by atoms with Gasteiger partial charge in [-0.2, -0.15) is 0 Å². The number of amides is 1. The van der Waals surface area contributed by atoms with Crippen LogP contribution in [0, 0.1) is 0 Å². The maximum atomic E-state index is 12.8. The fourth-order valence-electron chi connectivity index (χ4n) is 2.64. The molecule has 0 bridgehead atoms. The molecule has 0 aliphatic heterocycles. The summed E-state index contributed by atoms with van der Waals surface area (Å²) in [5.41, 5.74) is 0.836. The van der Waals surface area contributed by atoms with Crippen molar-refractivity contribution in [3.63, 3.8) is 0 Å². The van der Waals surface area contributed by atoms with Gasteiger partial charge in [-0.1, -0.05) is 24.3 Å². The Kier molecular flexibility index (Phi) is 4.15. The van der Waals surface area contributed by atoms with Crippen LogP contribution >= 0.6 is 22.7 Å². The maximum Gasteiger partial charge on any atom is 0.265 e. The molecule has 0 saturated heterocycles. The summed E-state index contributed by atoms with van der Waals surface area (Å²) in [4.78, 5) is 20.6. The highest BCUT2D eigenvalue weighted by molar-refractivity contribution is 7.21. The Labute approximate surface area is 153 Å². The van der Waals surface area contributed by atoms with Crippen molar-refractivity contribution in [2.75, 3.05) is 7.05 Å². The number of carbonyl (C=O) groups is 1. The van der Waals surface area contributed by atoms with Crippen molar-refractivity contribution >= 4 is 39.5 Å². The molecule has 6 heteroatoms. The van der Waals surface area contributed by atoms with Crippen molar-refractivity contribution in [3.05, 3.63) is 64.7 Å². The fraction of sp³-hybridized carbons (Fsp3) is 0.158. The minimum Gasteiger partial charge on any atom is -0.459 e. The summed E-state index contributed by atoms with van der Waals surface area (Å²) in [6.07, 6.45) is 1.66. The molecule has 1 amide bonds. The van der Waals surface area contributed by atoms with Gasteiger partial charge in [-0.05, 0) is 30.5 Å². The van der Waals surface area contributed by atoms with Crippen LogP contribution in [0.4, 0.5) is 0 Å². The van der Waals surface area contributed by atoms with Crippen molar-refractivity contribution in [1.82, 2.24) is 9.88 Å². The molecule has 25 heavy (non-hydrogen) atoms. The van der Waals surface area contributed by atoms with E-state index in [0.29, 0.717) is 4.88 Å². The molecule has 3 aromatic heterocycles. The lowest BCUT2D eigenvalue weighted by Gasteiger charge is -2.22. The third-order valence-electron chi connectivity index (χ3n) is 4.21. The third kappa shape index (κ3) is 2.99. The van der Waals surface area contributed by atoms with Crippen LogP contribution < -0.4 is 0 Å². The second-order valence-corrected chi connectivity index (χ2v) is 7.76. The first-order valence-electron chi connectivity index (χ1n) is 7.89. The van der Waals surface area contributed by atoms with Crippen LogP contribution in [0.25, 0.3) is 20.9 Å². The minimum atomic E-state index is -0.160. The largest absolute Gasteiger partial charge is 0.459 e. The summed E-state index contributed by atoms with van der Waals surface area (Å²) in [5, 5.41) is 3.93. The van der Waals surface area contributed by atoms with Gasteiger partial charge >= 0.3 is 0 Å². The second-order valence-electron chi connectivity index (χ2n) is 5.79. The van der Waals surface area contributed by atoms with Crippen LogP contribution in [0.1, 0.15) is 28.4 Å². The lowest BCUT2D eigenvalue weighted by atomic mass is 10.2. The lowest BCUT2D eigenvalue weighted by molar-refractivity contribution is 0.0732. The van der Waals surface area contributed by atoms with Gasteiger partial charge in [0.25, 0.3) is 5.91 Å². The summed E-state index contributed by atoms with van der Waals surface area (Å²) in [5.74, 6) is 0.730. The molecule has 0 N–H and O–H groups in total. The van der Waals surface area contributed by atoms with E-state index in [1.54, 1.807) is 29.5 Å². The number of para-hydroxylation sites is 1. The van der Waals surface area contributed by atoms with Gasteiger partial charge in [0.1, 0.15) is 21.2 Å². The molecule has 1 unspecified atom stereocenters. The van der Waals surface area contributed by atoms with Gasteiger partial charge in [-0.15, -0.1) is 22.7 Å². The topological polar surface area (TPSA) is 46.3 Å². The van der Waals surface area contributed by atoms with Crippen molar-refractivity contribution < 1.29 is 9.21 Å². The molecule has 4 rings (SSSR count). The summed E-state index contributed by atoms with van der Waals surface area (Å²) in [6, 6.07) is 13.7. The van der Waals surface area contributed by atoms with Crippen molar-refractivity contribution in [2.24, 2.45) is 0 Å². The molecule has 0 radical (unpaired) electrons. The number of carbonyl (C=O) groups excluding carboxylic acids is 1. The molecule has 0 spiro atoms. The predicted molar refractivity (Wildman–Crippen MR) is 102 cm³/mol. The first kappa shape index (κ1) is 16.1. The number of hydrogen-bond acceptors (Lipinski definition) is 5. The number of thiophene rings is 1. The number of furan rings is 1. The third-order valence-corrected chi connectivity index (χ3v) is 6.23. The summed E-state index contributed by atoms with van der Waals surface area (Å²) in [6.45, 7) is 1.97. The summed E-state index contributed by atoms with van der Waals surface area (Å²) in [7, 11) is 1.80. The van der Waals surface area contributed by atoms with Crippen LogP contribution in [0.2, 0.25) is 0 Å². The zero-order valence-corrected chi connectivity index (χ0v) is 15.4. The van der Waals surface area contributed by atoms with Crippen LogP contribution in [0.3, 0.4) is 0 Å². The standard InChI is InChI=1S/C19H16N2O2S2/c1-12(15-10-13-6-3-4-7-14(13)23-15)21(2)19(22)17-11-20-18(25-17)16-8-5-9-24-16/h3-12H,1-2H3. The van der Waals surface area contributed by atoms with Crippen molar-refractivity contribution in [3.8, 4) is 9.88 Å². The van der Waals surface area contributed by atoms with Gasteiger partial charge < -0.3 is 9.32 Å². The molecule has 126 valence electrons. The van der Waals surface area contributed by atoms with E-state index in [4.69, 9.17) is 4.42 Å². The number of fused-ring (bicyclic) bond motifs is 1. The molecule has 0 aliphatic rings. The van der Waals surface area contributed by atoms with Crippen LogP contribution in [0.5, 0.6) is 0 Å². The average molecular weight is 368 g/mol. The molecule has 1 atom stereocenters. The first-order valence-corrected chi connectivity index (χ1v) is 9.58. The molecule has 0 fully saturated rings. The van der Waals surface area contributed by atoms with E-state index >= 15 is 0 Å². The zero-order valence-electron chi connectivity index (χ0n) is 13.8. The first-order chi connectivity index (χ1) is 12.1. The van der Waals surface area contributed by atoms with E-state index in [1.807, 2.05) is 54.8 Å². The second kappa shape index (κ2) is 6.46. The molecular weight excluding hydrogens is 352 g/mol. The van der Waals surface area contributed by atoms with Gasteiger partial charge in [0.15, 0.2) is 0 Å². The van der Waals surface area contributed by atoms with Crippen molar-refractivity contribution in [2.45, 2.75) is 13.0 Å². The predicted octanol–water partition coefficient (Wildman–Crippen LogP) is 5.45. The van der Waals surface area contributed by atoms with E-state index < -0.39 is 0 Å². The average Bonchev–Trinajstić information content (AvgIpc) is 3.38. The molecule has 3 heterocycles. The lowest BCUT2D eigenvalue weighted by Crippen LogP contribution is -2.28. The zero-order chi connectivity index (χ0) is 17.4. The smallest absolute Gasteiger partial charge is 0.265 e. The number of hydrogen-bond donors (Lipinski definition) is 0. The van der Waals surface area contributed by atoms with E-state index in [-0.39, 0.29) is 11.9 Å². The van der Waals surface area contributed by atoms with E-state index in [0.717, 1.165) is 26.6 Å². The Morgan fingerprint density at radius 2 is 2.08 bits per heavy atom. The van der Waals surface area contributed by atoms with E-state index in [1.165, 1.54) is 11.3 Å². The number of benzene rings is 1. The van der Waals surface area contributed by atoms with Gasteiger partial charge in [0, 0.05) is 12.4 Å². The Hall–Kier alpha value is -2.44. The van der Waals surface area contributed by atoms with Gasteiger partial charge in [0.05, 0.1) is 17.1 Å². The van der Waals surface area contributed by atoms with Crippen LogP contribution in [0.15, 0.2) is 58.5 Å². The highest BCUT2D eigenvalue weighted by Crippen LogP contribution is 2.31. The Morgan fingerprint density at radius 1 is 1.24 bits per heavy atom.